The van der Waals surface area contributed by atoms with Crippen molar-refractivity contribution in [1.29, 1.82) is 0 Å². The molecule has 1 aromatic carbocycles. The summed E-state index contributed by atoms with van der Waals surface area (Å²) in [4.78, 5) is 0. The lowest BCUT2D eigenvalue weighted by Crippen LogP contribution is -2.03. The summed E-state index contributed by atoms with van der Waals surface area (Å²) in [5, 5.41) is 7.89. The number of aromatic nitrogens is 2. The van der Waals surface area contributed by atoms with Crippen LogP contribution in [0.1, 0.15) is 22.5 Å². The highest BCUT2D eigenvalue weighted by Crippen LogP contribution is 2.17. The van der Waals surface area contributed by atoms with Gasteiger partial charge in [-0.25, -0.2) is 0 Å². The number of rotatable bonds is 3. The van der Waals surface area contributed by atoms with Crippen molar-refractivity contribution < 1.29 is 0 Å². The van der Waals surface area contributed by atoms with E-state index in [1.807, 2.05) is 11.7 Å². The Bertz CT molecular complexity index is 526. The third-order valence-corrected chi connectivity index (χ3v) is 3.26. The summed E-state index contributed by atoms with van der Waals surface area (Å²) in [6.07, 6.45) is 0. The maximum absolute atomic E-state index is 4.42. The van der Waals surface area contributed by atoms with Gasteiger partial charge in [-0.2, -0.15) is 5.10 Å². The molecule has 2 rings (SSSR count). The molecule has 0 atom stereocenters. The van der Waals surface area contributed by atoms with Gasteiger partial charge in [0.25, 0.3) is 0 Å². The van der Waals surface area contributed by atoms with Gasteiger partial charge in [0.1, 0.15) is 0 Å². The fraction of sp³-hybridized carbons (Fsp3) is 0.357. The second-order valence-electron chi connectivity index (χ2n) is 4.44. The van der Waals surface area contributed by atoms with Crippen molar-refractivity contribution >= 4 is 5.69 Å². The van der Waals surface area contributed by atoms with Gasteiger partial charge < -0.3 is 5.32 Å². The summed E-state index contributed by atoms with van der Waals surface area (Å²) in [5.41, 5.74) is 6.08. The van der Waals surface area contributed by atoms with Crippen LogP contribution in [0.2, 0.25) is 0 Å². The Hall–Kier alpha value is -1.77. The first kappa shape index (κ1) is 11.7. The highest BCUT2D eigenvalue weighted by Gasteiger charge is 2.08. The molecule has 0 radical (unpaired) electrons. The van der Waals surface area contributed by atoms with Crippen LogP contribution in [0, 0.1) is 20.8 Å². The molecule has 0 bridgehead atoms. The second kappa shape index (κ2) is 4.62. The number of aryl methyl sites for hydroxylation is 3. The molecule has 1 aromatic heterocycles. The number of nitrogens with one attached hydrogen (secondary N) is 1. The lowest BCUT2D eigenvalue weighted by Gasteiger charge is -2.09. The minimum Gasteiger partial charge on any atom is -0.381 e. The molecule has 0 amide bonds. The van der Waals surface area contributed by atoms with E-state index in [1.54, 1.807) is 0 Å². The zero-order chi connectivity index (χ0) is 12.4. The van der Waals surface area contributed by atoms with Crippen LogP contribution >= 0.6 is 0 Å². The van der Waals surface area contributed by atoms with Gasteiger partial charge in [0.05, 0.1) is 5.69 Å². The average Bonchev–Trinajstić information content (AvgIpc) is 2.53. The van der Waals surface area contributed by atoms with Crippen molar-refractivity contribution in [3.8, 4) is 0 Å². The van der Waals surface area contributed by atoms with E-state index in [4.69, 9.17) is 0 Å². The van der Waals surface area contributed by atoms with Gasteiger partial charge in [-0.05, 0) is 32.4 Å². The van der Waals surface area contributed by atoms with Crippen molar-refractivity contribution in [3.05, 3.63) is 46.8 Å². The van der Waals surface area contributed by atoms with E-state index in [2.05, 4.69) is 55.5 Å². The summed E-state index contributed by atoms with van der Waals surface area (Å²) in [5.74, 6) is 0. The standard InChI is InChI=1S/C14H19N3/c1-10-7-5-6-8-14(10)15-9-13-11(2)16-17(4)12(13)3/h5-8,15H,9H2,1-4H3. The molecule has 3 heteroatoms. The molecule has 0 saturated carbocycles. The van der Waals surface area contributed by atoms with Crippen molar-refractivity contribution in [3.63, 3.8) is 0 Å². The molecular weight excluding hydrogens is 210 g/mol. The number of hydrogen-bond acceptors (Lipinski definition) is 2. The predicted molar refractivity (Wildman–Crippen MR) is 71.2 cm³/mol. The van der Waals surface area contributed by atoms with Crippen molar-refractivity contribution in [2.24, 2.45) is 7.05 Å². The number of benzene rings is 1. The monoisotopic (exact) mass is 229 g/mol. The Morgan fingerprint density at radius 3 is 2.47 bits per heavy atom. The molecular formula is C14H19N3. The van der Waals surface area contributed by atoms with Crippen LogP contribution < -0.4 is 5.32 Å². The Morgan fingerprint density at radius 2 is 1.88 bits per heavy atom. The van der Waals surface area contributed by atoms with E-state index in [-0.39, 0.29) is 0 Å². The second-order valence-corrected chi connectivity index (χ2v) is 4.44. The zero-order valence-corrected chi connectivity index (χ0v) is 10.9. The summed E-state index contributed by atoms with van der Waals surface area (Å²) >= 11 is 0. The van der Waals surface area contributed by atoms with Gasteiger partial charge in [-0.15, -0.1) is 0 Å². The van der Waals surface area contributed by atoms with Gasteiger partial charge >= 0.3 is 0 Å². The predicted octanol–water partition coefficient (Wildman–Crippen LogP) is 2.96. The van der Waals surface area contributed by atoms with Crippen LogP contribution in [0.15, 0.2) is 24.3 Å². The molecule has 1 N–H and O–H groups in total. The maximum Gasteiger partial charge on any atom is 0.0646 e. The van der Waals surface area contributed by atoms with Crippen LogP contribution in [-0.2, 0) is 13.6 Å². The fourth-order valence-electron chi connectivity index (χ4n) is 2.03. The molecule has 90 valence electrons. The lowest BCUT2D eigenvalue weighted by molar-refractivity contribution is 0.730. The van der Waals surface area contributed by atoms with Crippen LogP contribution in [-0.4, -0.2) is 9.78 Å². The van der Waals surface area contributed by atoms with Gasteiger partial charge in [0, 0.05) is 30.5 Å². The first-order valence-corrected chi connectivity index (χ1v) is 5.88. The molecule has 0 fully saturated rings. The molecule has 0 saturated heterocycles. The number of nitrogens with zero attached hydrogens (tertiary/aromatic N) is 2. The van der Waals surface area contributed by atoms with Gasteiger partial charge in [0.15, 0.2) is 0 Å². The normalized spacial score (nSPS) is 10.6. The lowest BCUT2D eigenvalue weighted by atomic mass is 10.1. The number of hydrogen-bond donors (Lipinski definition) is 1. The summed E-state index contributed by atoms with van der Waals surface area (Å²) in [6.45, 7) is 7.11. The van der Waals surface area contributed by atoms with Crippen molar-refractivity contribution in [1.82, 2.24) is 9.78 Å². The van der Waals surface area contributed by atoms with Crippen molar-refractivity contribution in [2.75, 3.05) is 5.32 Å². The minimum absolute atomic E-state index is 0.830. The molecule has 0 unspecified atom stereocenters. The Kier molecular flexibility index (Phi) is 3.18. The van der Waals surface area contributed by atoms with E-state index in [9.17, 15) is 0 Å². The van der Waals surface area contributed by atoms with Crippen molar-refractivity contribution in [2.45, 2.75) is 27.3 Å². The van der Waals surface area contributed by atoms with E-state index in [0.717, 1.165) is 12.2 Å². The maximum atomic E-state index is 4.42. The largest absolute Gasteiger partial charge is 0.381 e. The molecule has 1 heterocycles. The molecule has 0 aliphatic heterocycles. The quantitative estimate of drug-likeness (QED) is 0.877. The molecule has 3 nitrogen and oxygen atoms in total. The topological polar surface area (TPSA) is 29.9 Å². The first-order valence-electron chi connectivity index (χ1n) is 5.88. The van der Waals surface area contributed by atoms with Crippen LogP contribution in [0.5, 0.6) is 0 Å². The van der Waals surface area contributed by atoms with E-state index in [1.165, 1.54) is 22.5 Å². The molecule has 2 aromatic rings. The van der Waals surface area contributed by atoms with Gasteiger partial charge in [-0.3, -0.25) is 4.68 Å². The van der Waals surface area contributed by atoms with Crippen LogP contribution in [0.3, 0.4) is 0 Å². The summed E-state index contributed by atoms with van der Waals surface area (Å²) < 4.78 is 1.93. The van der Waals surface area contributed by atoms with E-state index in [0.29, 0.717) is 0 Å². The molecule has 0 spiro atoms. The van der Waals surface area contributed by atoms with Gasteiger partial charge in [-0.1, -0.05) is 18.2 Å². The smallest absolute Gasteiger partial charge is 0.0646 e. The Labute approximate surface area is 102 Å². The van der Waals surface area contributed by atoms with Crippen LogP contribution in [0.4, 0.5) is 5.69 Å². The third kappa shape index (κ3) is 2.33. The summed E-state index contributed by atoms with van der Waals surface area (Å²) in [7, 11) is 1.99. The first-order chi connectivity index (χ1) is 8.09. The highest BCUT2D eigenvalue weighted by atomic mass is 15.3. The fourth-order valence-corrected chi connectivity index (χ4v) is 2.03. The zero-order valence-electron chi connectivity index (χ0n) is 10.9. The average molecular weight is 229 g/mol. The molecule has 0 aliphatic rings. The number of para-hydroxylation sites is 1. The molecule has 0 aliphatic carbocycles. The SMILES string of the molecule is Cc1ccccc1NCc1c(C)nn(C)c1C. The van der Waals surface area contributed by atoms with E-state index >= 15 is 0 Å². The number of anilines is 1. The minimum atomic E-state index is 0.830. The highest BCUT2D eigenvalue weighted by molar-refractivity contribution is 5.50. The Morgan fingerprint density at radius 1 is 1.18 bits per heavy atom. The molecule has 17 heavy (non-hydrogen) atoms. The van der Waals surface area contributed by atoms with Gasteiger partial charge in [0.2, 0.25) is 0 Å². The third-order valence-electron chi connectivity index (χ3n) is 3.26. The van der Waals surface area contributed by atoms with Crippen LogP contribution in [0.25, 0.3) is 0 Å². The Balaban J connectivity index is 2.15. The van der Waals surface area contributed by atoms with E-state index < -0.39 is 0 Å². The summed E-state index contributed by atoms with van der Waals surface area (Å²) in [6, 6.07) is 8.33.